The van der Waals surface area contributed by atoms with Gasteiger partial charge < -0.3 is 4.74 Å². The molecule has 0 heterocycles. The van der Waals surface area contributed by atoms with E-state index in [9.17, 15) is 4.79 Å². The van der Waals surface area contributed by atoms with Crippen LogP contribution < -0.4 is 0 Å². The first-order valence-electron chi connectivity index (χ1n) is 4.99. The quantitative estimate of drug-likeness (QED) is 0.684. The van der Waals surface area contributed by atoms with E-state index in [1.165, 1.54) is 5.56 Å². The number of rotatable bonds is 4. The molecule has 1 aromatic rings. The third-order valence-electron chi connectivity index (χ3n) is 2.05. The van der Waals surface area contributed by atoms with E-state index in [0.717, 1.165) is 12.0 Å². The number of hydrogen-bond acceptors (Lipinski definition) is 2. The summed E-state index contributed by atoms with van der Waals surface area (Å²) < 4.78 is 4.88. The molecule has 0 amide bonds. The van der Waals surface area contributed by atoms with E-state index >= 15 is 0 Å². The molecule has 0 unspecified atom stereocenters. The van der Waals surface area contributed by atoms with E-state index in [-0.39, 0.29) is 5.97 Å². The Hall–Kier alpha value is -1.31. The van der Waals surface area contributed by atoms with Crippen molar-refractivity contribution in [1.82, 2.24) is 0 Å². The normalized spacial score (nSPS) is 9.86. The third kappa shape index (κ3) is 3.21. The van der Waals surface area contributed by atoms with E-state index < -0.39 is 0 Å². The Morgan fingerprint density at radius 3 is 2.64 bits per heavy atom. The molecule has 0 atom stereocenters. The summed E-state index contributed by atoms with van der Waals surface area (Å²) in [6, 6.07) is 8.05. The number of esters is 1. The van der Waals surface area contributed by atoms with Gasteiger partial charge in [-0.05, 0) is 24.5 Å². The first-order valence-corrected chi connectivity index (χ1v) is 4.99. The lowest BCUT2D eigenvalue weighted by Gasteiger charge is -2.03. The van der Waals surface area contributed by atoms with Crippen molar-refractivity contribution in [2.75, 3.05) is 6.61 Å². The summed E-state index contributed by atoms with van der Waals surface area (Å²) in [5, 5.41) is 0. The topological polar surface area (TPSA) is 26.3 Å². The Morgan fingerprint density at radius 1 is 1.29 bits per heavy atom. The van der Waals surface area contributed by atoms with Crippen LogP contribution >= 0.6 is 0 Å². The highest BCUT2D eigenvalue weighted by molar-refractivity contribution is 5.72. The zero-order valence-electron chi connectivity index (χ0n) is 8.75. The maximum absolute atomic E-state index is 11.2. The monoisotopic (exact) mass is 192 g/mol. The number of carbonyl (C=O) groups excluding carboxylic acids is 1. The van der Waals surface area contributed by atoms with Crippen LogP contribution in [-0.2, 0) is 22.4 Å². The minimum Gasteiger partial charge on any atom is -0.466 e. The minimum absolute atomic E-state index is 0.152. The van der Waals surface area contributed by atoms with Crippen LogP contribution in [0.1, 0.15) is 25.0 Å². The van der Waals surface area contributed by atoms with Gasteiger partial charge in [0.25, 0.3) is 0 Å². The van der Waals surface area contributed by atoms with Gasteiger partial charge in [0.05, 0.1) is 13.0 Å². The van der Waals surface area contributed by atoms with Crippen LogP contribution in [0.25, 0.3) is 0 Å². The molecule has 0 saturated carbocycles. The van der Waals surface area contributed by atoms with Crippen molar-refractivity contribution in [3.63, 3.8) is 0 Å². The Balaban J connectivity index is 2.62. The zero-order valence-corrected chi connectivity index (χ0v) is 8.75. The van der Waals surface area contributed by atoms with Crippen molar-refractivity contribution >= 4 is 5.97 Å². The van der Waals surface area contributed by atoms with Gasteiger partial charge >= 0.3 is 5.97 Å². The van der Waals surface area contributed by atoms with E-state index in [0.29, 0.717) is 13.0 Å². The number of aryl methyl sites for hydroxylation is 1. The average molecular weight is 192 g/mol. The lowest BCUT2D eigenvalue weighted by Crippen LogP contribution is -2.07. The Labute approximate surface area is 84.9 Å². The van der Waals surface area contributed by atoms with Crippen molar-refractivity contribution in [1.29, 1.82) is 0 Å². The lowest BCUT2D eigenvalue weighted by atomic mass is 10.1. The van der Waals surface area contributed by atoms with Gasteiger partial charge in [0.15, 0.2) is 0 Å². The first-order chi connectivity index (χ1) is 6.76. The minimum atomic E-state index is -0.152. The summed E-state index contributed by atoms with van der Waals surface area (Å²) in [5.41, 5.74) is 2.29. The largest absolute Gasteiger partial charge is 0.466 e. The summed E-state index contributed by atoms with van der Waals surface area (Å²) in [7, 11) is 0. The van der Waals surface area contributed by atoms with Crippen molar-refractivity contribution in [2.24, 2.45) is 0 Å². The molecule has 1 rings (SSSR count). The molecule has 2 nitrogen and oxygen atoms in total. The third-order valence-corrected chi connectivity index (χ3v) is 2.05. The van der Waals surface area contributed by atoms with Gasteiger partial charge in [-0.2, -0.15) is 0 Å². The second-order valence-electron chi connectivity index (χ2n) is 3.16. The molecule has 0 fully saturated rings. The molecule has 76 valence electrons. The molecule has 0 saturated heterocycles. The van der Waals surface area contributed by atoms with Crippen molar-refractivity contribution in [3.8, 4) is 0 Å². The molecule has 1 aromatic carbocycles. The molecule has 0 aromatic heterocycles. The van der Waals surface area contributed by atoms with Crippen molar-refractivity contribution < 1.29 is 9.53 Å². The summed E-state index contributed by atoms with van der Waals surface area (Å²) in [5.74, 6) is -0.152. The van der Waals surface area contributed by atoms with Gasteiger partial charge in [0.2, 0.25) is 0 Å². The highest BCUT2D eigenvalue weighted by Crippen LogP contribution is 2.07. The summed E-state index contributed by atoms with van der Waals surface area (Å²) in [6.07, 6.45) is 1.37. The molecule has 14 heavy (non-hydrogen) atoms. The number of carbonyl (C=O) groups is 1. The van der Waals surface area contributed by atoms with Gasteiger partial charge in [-0.15, -0.1) is 0 Å². The fourth-order valence-corrected chi connectivity index (χ4v) is 1.34. The molecule has 0 aliphatic heterocycles. The standard InChI is InChI=1S/C12H16O2/c1-3-10-6-5-7-11(8-10)9-12(13)14-4-2/h5-8H,3-4,9H2,1-2H3. The maximum atomic E-state index is 11.2. The molecular formula is C12H16O2. The molecule has 0 aliphatic carbocycles. The average Bonchev–Trinajstić information content (AvgIpc) is 2.18. The van der Waals surface area contributed by atoms with Crippen LogP contribution in [-0.4, -0.2) is 12.6 Å². The van der Waals surface area contributed by atoms with Gasteiger partial charge in [0, 0.05) is 0 Å². The summed E-state index contributed by atoms with van der Waals surface area (Å²) >= 11 is 0. The SMILES string of the molecule is CCOC(=O)Cc1cccc(CC)c1. The van der Waals surface area contributed by atoms with Crippen molar-refractivity contribution in [3.05, 3.63) is 35.4 Å². The second kappa shape index (κ2) is 5.43. The van der Waals surface area contributed by atoms with E-state index in [1.54, 1.807) is 0 Å². The van der Waals surface area contributed by atoms with Crippen LogP contribution in [0.5, 0.6) is 0 Å². The van der Waals surface area contributed by atoms with Gasteiger partial charge in [-0.25, -0.2) is 0 Å². The number of benzene rings is 1. The number of ether oxygens (including phenoxy) is 1. The fourth-order valence-electron chi connectivity index (χ4n) is 1.34. The highest BCUT2D eigenvalue weighted by Gasteiger charge is 2.03. The predicted octanol–water partition coefficient (Wildman–Crippen LogP) is 2.35. The summed E-state index contributed by atoms with van der Waals surface area (Å²) in [4.78, 5) is 11.2. The molecule has 0 spiro atoms. The van der Waals surface area contributed by atoms with E-state index in [2.05, 4.69) is 19.1 Å². The van der Waals surface area contributed by atoms with Crippen molar-refractivity contribution in [2.45, 2.75) is 26.7 Å². The van der Waals surface area contributed by atoms with Gasteiger partial charge in [-0.3, -0.25) is 4.79 Å². The molecule has 0 bridgehead atoms. The molecule has 0 aliphatic rings. The Morgan fingerprint density at radius 2 is 2.00 bits per heavy atom. The predicted molar refractivity (Wildman–Crippen MR) is 56.2 cm³/mol. The maximum Gasteiger partial charge on any atom is 0.310 e. The molecule has 0 radical (unpaired) electrons. The van der Waals surface area contributed by atoms with Crippen LogP contribution in [0.15, 0.2) is 24.3 Å². The van der Waals surface area contributed by atoms with Crippen LogP contribution in [0, 0.1) is 0 Å². The molecule has 2 heteroatoms. The van der Waals surface area contributed by atoms with E-state index in [1.807, 2.05) is 19.1 Å². The number of hydrogen-bond donors (Lipinski definition) is 0. The fraction of sp³-hybridized carbons (Fsp3) is 0.417. The second-order valence-corrected chi connectivity index (χ2v) is 3.16. The Bertz CT molecular complexity index is 305. The van der Waals surface area contributed by atoms with Crippen LogP contribution in [0.4, 0.5) is 0 Å². The summed E-state index contributed by atoms with van der Waals surface area (Å²) in [6.45, 7) is 4.37. The van der Waals surface area contributed by atoms with Crippen LogP contribution in [0.2, 0.25) is 0 Å². The van der Waals surface area contributed by atoms with Gasteiger partial charge in [0.1, 0.15) is 0 Å². The lowest BCUT2D eigenvalue weighted by molar-refractivity contribution is -0.142. The van der Waals surface area contributed by atoms with Crippen LogP contribution in [0.3, 0.4) is 0 Å². The molecular weight excluding hydrogens is 176 g/mol. The van der Waals surface area contributed by atoms with Gasteiger partial charge in [-0.1, -0.05) is 31.2 Å². The Kier molecular flexibility index (Phi) is 4.17. The van der Waals surface area contributed by atoms with E-state index in [4.69, 9.17) is 4.74 Å². The highest BCUT2D eigenvalue weighted by atomic mass is 16.5. The smallest absolute Gasteiger partial charge is 0.310 e. The zero-order chi connectivity index (χ0) is 10.4. The first kappa shape index (κ1) is 10.8. The molecule has 0 N–H and O–H groups in total.